The van der Waals surface area contributed by atoms with Crippen LogP contribution < -0.4 is 10.1 Å². The van der Waals surface area contributed by atoms with Gasteiger partial charge in [-0.1, -0.05) is 15.9 Å². The molecule has 1 fully saturated rings. The summed E-state index contributed by atoms with van der Waals surface area (Å²) >= 11 is 3.51. The zero-order chi connectivity index (χ0) is 13.9. The van der Waals surface area contributed by atoms with Crippen molar-refractivity contribution in [2.45, 2.75) is 25.8 Å². The fourth-order valence-electron chi connectivity index (χ4n) is 2.75. The van der Waals surface area contributed by atoms with Gasteiger partial charge in [-0.05, 0) is 30.5 Å². The monoisotopic (exact) mass is 339 g/mol. The molecule has 1 N–H and O–H groups in total. The van der Waals surface area contributed by atoms with Crippen molar-refractivity contribution in [1.29, 1.82) is 0 Å². The maximum atomic E-state index is 12.1. The number of carbonyl (C=O) groups excluding carboxylic acids is 1. The van der Waals surface area contributed by atoms with Gasteiger partial charge in [-0.2, -0.15) is 0 Å². The highest BCUT2D eigenvalue weighted by Crippen LogP contribution is 2.32. The van der Waals surface area contributed by atoms with Gasteiger partial charge in [0, 0.05) is 29.6 Å². The van der Waals surface area contributed by atoms with E-state index in [0.29, 0.717) is 13.2 Å². The molecule has 3 rings (SSSR count). The van der Waals surface area contributed by atoms with E-state index in [2.05, 4.69) is 27.3 Å². The largest absolute Gasteiger partial charge is 0.493 e. The Hall–Kier alpha value is -1.07. The van der Waals surface area contributed by atoms with Crippen LogP contribution in [-0.2, 0) is 22.5 Å². The predicted octanol–water partition coefficient (Wildman–Crippen LogP) is 2.43. The van der Waals surface area contributed by atoms with Crippen molar-refractivity contribution in [1.82, 2.24) is 5.32 Å². The molecule has 5 heteroatoms. The van der Waals surface area contributed by atoms with Gasteiger partial charge in [0.05, 0.1) is 19.1 Å². The molecule has 108 valence electrons. The lowest BCUT2D eigenvalue weighted by Crippen LogP contribution is -2.35. The summed E-state index contributed by atoms with van der Waals surface area (Å²) < 4.78 is 12.1. The molecular weight excluding hydrogens is 322 g/mol. The van der Waals surface area contributed by atoms with E-state index in [1.165, 1.54) is 5.56 Å². The number of ether oxygens (including phenoxy) is 2. The average molecular weight is 340 g/mol. The van der Waals surface area contributed by atoms with Crippen LogP contribution in [0.4, 0.5) is 0 Å². The summed E-state index contributed by atoms with van der Waals surface area (Å²) in [4.78, 5) is 12.1. The molecule has 2 aliphatic heterocycles. The van der Waals surface area contributed by atoms with Crippen LogP contribution in [0.5, 0.6) is 5.75 Å². The van der Waals surface area contributed by atoms with E-state index in [4.69, 9.17) is 9.47 Å². The number of fused-ring (bicyclic) bond motifs is 1. The third kappa shape index (κ3) is 2.99. The summed E-state index contributed by atoms with van der Waals surface area (Å²) in [5.74, 6) is 1.01. The van der Waals surface area contributed by atoms with Gasteiger partial charge >= 0.3 is 0 Å². The summed E-state index contributed by atoms with van der Waals surface area (Å²) in [5, 5.41) is 3.01. The molecule has 1 aromatic carbocycles. The van der Waals surface area contributed by atoms with Crippen molar-refractivity contribution >= 4 is 21.8 Å². The van der Waals surface area contributed by atoms with Crippen molar-refractivity contribution in [2.75, 3.05) is 19.8 Å². The van der Waals surface area contributed by atoms with E-state index in [-0.39, 0.29) is 11.8 Å². The van der Waals surface area contributed by atoms with Gasteiger partial charge in [-0.25, -0.2) is 0 Å². The van der Waals surface area contributed by atoms with Crippen molar-refractivity contribution in [3.05, 3.63) is 27.7 Å². The number of hydrogen-bond donors (Lipinski definition) is 1. The molecule has 0 bridgehead atoms. The van der Waals surface area contributed by atoms with Crippen LogP contribution >= 0.6 is 15.9 Å². The van der Waals surface area contributed by atoms with Gasteiger partial charge in [-0.3, -0.25) is 4.79 Å². The van der Waals surface area contributed by atoms with Gasteiger partial charge in [0.25, 0.3) is 0 Å². The fraction of sp³-hybridized carbons (Fsp3) is 0.533. The molecule has 1 unspecified atom stereocenters. The molecule has 1 atom stereocenters. The lowest BCUT2D eigenvalue weighted by molar-refractivity contribution is -0.129. The minimum Gasteiger partial charge on any atom is -0.493 e. The van der Waals surface area contributed by atoms with E-state index in [0.717, 1.165) is 48.3 Å². The van der Waals surface area contributed by atoms with Gasteiger partial charge in [-0.15, -0.1) is 0 Å². The minimum absolute atomic E-state index is 0.00938. The Morgan fingerprint density at radius 1 is 1.40 bits per heavy atom. The molecule has 1 aromatic rings. The zero-order valence-electron chi connectivity index (χ0n) is 11.3. The Balaban J connectivity index is 1.65. The van der Waals surface area contributed by atoms with E-state index >= 15 is 0 Å². The van der Waals surface area contributed by atoms with E-state index < -0.39 is 0 Å². The predicted molar refractivity (Wildman–Crippen MR) is 78.7 cm³/mol. The fourth-order valence-corrected chi connectivity index (χ4v) is 3.30. The first-order valence-electron chi connectivity index (χ1n) is 7.03. The third-order valence-corrected chi connectivity index (χ3v) is 4.27. The number of rotatable bonds is 3. The van der Waals surface area contributed by atoms with Crippen LogP contribution in [0, 0.1) is 5.92 Å². The zero-order valence-corrected chi connectivity index (χ0v) is 12.9. The Bertz CT molecular complexity index is 512. The van der Waals surface area contributed by atoms with Gasteiger partial charge in [0.1, 0.15) is 5.75 Å². The van der Waals surface area contributed by atoms with Gasteiger partial charge in [0.2, 0.25) is 5.91 Å². The third-order valence-electron chi connectivity index (χ3n) is 3.81. The van der Waals surface area contributed by atoms with Crippen LogP contribution in [0.2, 0.25) is 0 Å². The lowest BCUT2D eigenvalue weighted by Gasteiger charge is -2.21. The number of nitrogens with one attached hydrogen (secondary N) is 1. The summed E-state index contributed by atoms with van der Waals surface area (Å²) in [7, 11) is 0. The molecule has 1 saturated heterocycles. The number of halogens is 1. The normalized spacial score (nSPS) is 21.1. The molecule has 0 saturated carbocycles. The average Bonchev–Trinajstić information content (AvgIpc) is 2.93. The van der Waals surface area contributed by atoms with Gasteiger partial charge < -0.3 is 14.8 Å². The first-order chi connectivity index (χ1) is 9.74. The maximum absolute atomic E-state index is 12.1. The molecule has 0 spiro atoms. The molecule has 0 aromatic heterocycles. The second kappa shape index (κ2) is 6.14. The van der Waals surface area contributed by atoms with Crippen molar-refractivity contribution in [3.8, 4) is 5.75 Å². The van der Waals surface area contributed by atoms with Crippen LogP contribution in [-0.4, -0.2) is 25.7 Å². The highest BCUT2D eigenvalue weighted by atomic mass is 79.9. The second-order valence-electron chi connectivity index (χ2n) is 5.28. The summed E-state index contributed by atoms with van der Waals surface area (Å²) in [5.41, 5.74) is 2.25. The van der Waals surface area contributed by atoms with Crippen LogP contribution in [0.1, 0.15) is 24.0 Å². The first-order valence-corrected chi connectivity index (χ1v) is 7.83. The number of benzene rings is 1. The van der Waals surface area contributed by atoms with E-state index in [9.17, 15) is 4.79 Å². The standard InChI is InChI=1S/C15H18BrNO3/c16-13-6-10-3-5-20-14(10)12(7-13)8-17-15(18)11-2-1-4-19-9-11/h6-7,11H,1-5,8-9H2,(H,17,18). The topological polar surface area (TPSA) is 47.6 Å². The van der Waals surface area contributed by atoms with Crippen LogP contribution in [0.3, 0.4) is 0 Å². The van der Waals surface area contributed by atoms with E-state index in [1.807, 2.05) is 6.07 Å². The molecule has 1 amide bonds. The highest BCUT2D eigenvalue weighted by Gasteiger charge is 2.23. The molecule has 20 heavy (non-hydrogen) atoms. The molecule has 4 nitrogen and oxygen atoms in total. The molecule has 2 heterocycles. The number of carbonyl (C=O) groups is 1. The second-order valence-corrected chi connectivity index (χ2v) is 6.20. The Morgan fingerprint density at radius 2 is 2.30 bits per heavy atom. The Kier molecular flexibility index (Phi) is 4.27. The summed E-state index contributed by atoms with van der Waals surface area (Å²) in [6, 6.07) is 4.10. The molecular formula is C15H18BrNO3. The Morgan fingerprint density at radius 3 is 3.10 bits per heavy atom. The van der Waals surface area contributed by atoms with Gasteiger partial charge in [0.15, 0.2) is 0 Å². The van der Waals surface area contributed by atoms with Crippen molar-refractivity contribution < 1.29 is 14.3 Å². The lowest BCUT2D eigenvalue weighted by atomic mass is 10.0. The van der Waals surface area contributed by atoms with E-state index in [1.54, 1.807) is 0 Å². The highest BCUT2D eigenvalue weighted by molar-refractivity contribution is 9.10. The number of hydrogen-bond acceptors (Lipinski definition) is 3. The first kappa shape index (κ1) is 13.9. The minimum atomic E-state index is -0.00938. The Labute approximate surface area is 127 Å². The smallest absolute Gasteiger partial charge is 0.225 e. The molecule has 0 aliphatic carbocycles. The van der Waals surface area contributed by atoms with Crippen molar-refractivity contribution in [3.63, 3.8) is 0 Å². The molecule has 0 radical (unpaired) electrons. The van der Waals surface area contributed by atoms with Crippen LogP contribution in [0.15, 0.2) is 16.6 Å². The summed E-state index contributed by atoms with van der Waals surface area (Å²) in [6.45, 7) is 2.55. The molecule has 2 aliphatic rings. The van der Waals surface area contributed by atoms with Crippen LogP contribution in [0.25, 0.3) is 0 Å². The number of amides is 1. The van der Waals surface area contributed by atoms with Crippen molar-refractivity contribution in [2.24, 2.45) is 5.92 Å². The summed E-state index contributed by atoms with van der Waals surface area (Å²) in [6.07, 6.45) is 2.82. The maximum Gasteiger partial charge on any atom is 0.225 e. The quantitative estimate of drug-likeness (QED) is 0.919. The SMILES string of the molecule is O=C(NCc1cc(Br)cc2c1OCC2)C1CCCOC1.